The van der Waals surface area contributed by atoms with Gasteiger partial charge in [-0.1, -0.05) is 44.5 Å². The van der Waals surface area contributed by atoms with Crippen molar-refractivity contribution in [2.24, 2.45) is 0 Å². The van der Waals surface area contributed by atoms with Gasteiger partial charge in [0.25, 0.3) is 0 Å². The molecule has 0 radical (unpaired) electrons. The molecule has 1 nitrogen and oxygen atoms in total. The maximum absolute atomic E-state index is 3.48. The highest BCUT2D eigenvalue weighted by molar-refractivity contribution is 5.26. The molecule has 0 fully saturated rings. The van der Waals surface area contributed by atoms with E-state index in [-0.39, 0.29) is 0 Å². The summed E-state index contributed by atoms with van der Waals surface area (Å²) < 4.78 is 0. The van der Waals surface area contributed by atoms with E-state index in [1.54, 1.807) is 0 Å². The summed E-state index contributed by atoms with van der Waals surface area (Å²) in [7, 11) is 0. The van der Waals surface area contributed by atoms with Gasteiger partial charge in [-0.25, -0.2) is 0 Å². The second-order valence-electron chi connectivity index (χ2n) is 3.65. The van der Waals surface area contributed by atoms with Crippen molar-refractivity contribution in [1.82, 2.24) is 5.32 Å². The molecule has 0 spiro atoms. The van der Waals surface area contributed by atoms with Crippen LogP contribution in [0, 0.1) is 0 Å². The van der Waals surface area contributed by atoms with E-state index >= 15 is 0 Å². The summed E-state index contributed by atoms with van der Waals surface area (Å²) in [6.45, 7) is 6.59. The standard InChI is InChI=1S/C13H21N/c1-3-5-10-14-11-13-9-7-6-8-12(13)4-2/h6-9,14H,3-5,10-11H2,1-2H3. The van der Waals surface area contributed by atoms with Crippen LogP contribution < -0.4 is 5.32 Å². The molecule has 78 valence electrons. The van der Waals surface area contributed by atoms with E-state index in [0.29, 0.717) is 0 Å². The van der Waals surface area contributed by atoms with E-state index in [1.807, 2.05) is 0 Å². The number of benzene rings is 1. The first-order valence-corrected chi connectivity index (χ1v) is 5.66. The fraction of sp³-hybridized carbons (Fsp3) is 0.538. The largest absolute Gasteiger partial charge is 0.313 e. The number of nitrogens with one attached hydrogen (secondary N) is 1. The number of hydrogen-bond acceptors (Lipinski definition) is 1. The van der Waals surface area contributed by atoms with Gasteiger partial charge in [-0.2, -0.15) is 0 Å². The van der Waals surface area contributed by atoms with Gasteiger partial charge in [0.15, 0.2) is 0 Å². The molecule has 0 saturated carbocycles. The third-order valence-corrected chi connectivity index (χ3v) is 2.52. The first-order chi connectivity index (χ1) is 6.88. The third kappa shape index (κ3) is 3.51. The highest BCUT2D eigenvalue weighted by Crippen LogP contribution is 2.08. The molecule has 1 N–H and O–H groups in total. The Hall–Kier alpha value is -0.820. The molecule has 0 aromatic heterocycles. The van der Waals surface area contributed by atoms with E-state index in [0.717, 1.165) is 19.5 Å². The van der Waals surface area contributed by atoms with Crippen molar-refractivity contribution in [3.63, 3.8) is 0 Å². The number of hydrogen-bond donors (Lipinski definition) is 1. The van der Waals surface area contributed by atoms with Crippen LogP contribution in [0.2, 0.25) is 0 Å². The highest BCUT2D eigenvalue weighted by Gasteiger charge is 1.97. The van der Waals surface area contributed by atoms with Gasteiger partial charge in [0, 0.05) is 6.54 Å². The molecule has 1 rings (SSSR count). The fourth-order valence-electron chi connectivity index (χ4n) is 1.60. The molecule has 0 aliphatic heterocycles. The van der Waals surface area contributed by atoms with Crippen LogP contribution in [-0.4, -0.2) is 6.54 Å². The normalized spacial score (nSPS) is 10.4. The average molecular weight is 191 g/mol. The van der Waals surface area contributed by atoms with Gasteiger partial charge in [-0.05, 0) is 30.5 Å². The van der Waals surface area contributed by atoms with E-state index in [2.05, 4.69) is 43.4 Å². The molecular formula is C13H21N. The lowest BCUT2D eigenvalue weighted by molar-refractivity contribution is 0.639. The zero-order chi connectivity index (χ0) is 10.2. The van der Waals surface area contributed by atoms with E-state index < -0.39 is 0 Å². The Morgan fingerprint density at radius 1 is 1.07 bits per heavy atom. The van der Waals surface area contributed by atoms with Gasteiger partial charge in [0.1, 0.15) is 0 Å². The van der Waals surface area contributed by atoms with Crippen LogP contribution in [-0.2, 0) is 13.0 Å². The Morgan fingerprint density at radius 3 is 2.43 bits per heavy atom. The van der Waals surface area contributed by atoms with Gasteiger partial charge >= 0.3 is 0 Å². The molecule has 0 aliphatic rings. The van der Waals surface area contributed by atoms with Crippen molar-refractivity contribution < 1.29 is 0 Å². The molecule has 0 bridgehead atoms. The molecule has 14 heavy (non-hydrogen) atoms. The molecular weight excluding hydrogens is 170 g/mol. The van der Waals surface area contributed by atoms with Crippen LogP contribution >= 0.6 is 0 Å². The minimum Gasteiger partial charge on any atom is -0.313 e. The maximum atomic E-state index is 3.48. The highest BCUT2D eigenvalue weighted by atomic mass is 14.8. The van der Waals surface area contributed by atoms with Gasteiger partial charge in [-0.3, -0.25) is 0 Å². The topological polar surface area (TPSA) is 12.0 Å². The van der Waals surface area contributed by atoms with Crippen LogP contribution in [0.1, 0.15) is 37.8 Å². The first kappa shape index (κ1) is 11.3. The second-order valence-corrected chi connectivity index (χ2v) is 3.65. The van der Waals surface area contributed by atoms with Crippen molar-refractivity contribution in [3.8, 4) is 0 Å². The van der Waals surface area contributed by atoms with Crippen LogP contribution in [0.25, 0.3) is 0 Å². The van der Waals surface area contributed by atoms with Gasteiger partial charge in [-0.15, -0.1) is 0 Å². The van der Waals surface area contributed by atoms with Crippen LogP contribution in [0.3, 0.4) is 0 Å². The van der Waals surface area contributed by atoms with Gasteiger partial charge < -0.3 is 5.32 Å². The van der Waals surface area contributed by atoms with Crippen LogP contribution in [0.15, 0.2) is 24.3 Å². The summed E-state index contributed by atoms with van der Waals surface area (Å²) in [6, 6.07) is 8.68. The Kier molecular flexibility index (Phi) is 5.31. The zero-order valence-corrected chi connectivity index (χ0v) is 9.34. The first-order valence-electron chi connectivity index (χ1n) is 5.66. The Bertz CT molecular complexity index is 255. The molecule has 0 atom stereocenters. The summed E-state index contributed by atoms with van der Waals surface area (Å²) in [6.07, 6.45) is 3.67. The van der Waals surface area contributed by atoms with E-state index in [4.69, 9.17) is 0 Å². The smallest absolute Gasteiger partial charge is 0.0208 e. The Morgan fingerprint density at radius 2 is 1.79 bits per heavy atom. The molecule has 0 amide bonds. The fourth-order valence-corrected chi connectivity index (χ4v) is 1.60. The molecule has 0 heterocycles. The zero-order valence-electron chi connectivity index (χ0n) is 9.34. The van der Waals surface area contributed by atoms with Crippen molar-refractivity contribution in [2.45, 2.75) is 39.7 Å². The van der Waals surface area contributed by atoms with E-state index in [9.17, 15) is 0 Å². The van der Waals surface area contributed by atoms with Crippen LogP contribution in [0.5, 0.6) is 0 Å². The molecule has 0 unspecified atom stereocenters. The van der Waals surface area contributed by atoms with Crippen molar-refractivity contribution in [2.75, 3.05) is 6.54 Å². The summed E-state index contributed by atoms with van der Waals surface area (Å²) in [5, 5.41) is 3.48. The molecule has 1 heteroatoms. The third-order valence-electron chi connectivity index (χ3n) is 2.52. The minimum atomic E-state index is 1.02. The quantitative estimate of drug-likeness (QED) is 0.681. The predicted octanol–water partition coefficient (Wildman–Crippen LogP) is 3.14. The van der Waals surface area contributed by atoms with Gasteiger partial charge in [0.2, 0.25) is 0 Å². The van der Waals surface area contributed by atoms with Crippen LogP contribution in [0.4, 0.5) is 0 Å². The summed E-state index contributed by atoms with van der Waals surface area (Å²) >= 11 is 0. The van der Waals surface area contributed by atoms with Crippen molar-refractivity contribution >= 4 is 0 Å². The minimum absolute atomic E-state index is 1.02. The lowest BCUT2D eigenvalue weighted by atomic mass is 10.1. The molecule has 0 saturated heterocycles. The number of aryl methyl sites for hydroxylation is 1. The van der Waals surface area contributed by atoms with Gasteiger partial charge in [0.05, 0.1) is 0 Å². The summed E-state index contributed by atoms with van der Waals surface area (Å²) in [5.41, 5.74) is 2.92. The Labute approximate surface area is 87.5 Å². The summed E-state index contributed by atoms with van der Waals surface area (Å²) in [5.74, 6) is 0. The predicted molar refractivity (Wildman–Crippen MR) is 62.4 cm³/mol. The number of unbranched alkanes of at least 4 members (excludes halogenated alkanes) is 1. The lowest BCUT2D eigenvalue weighted by Crippen LogP contribution is -2.15. The summed E-state index contributed by atoms with van der Waals surface area (Å²) in [4.78, 5) is 0. The maximum Gasteiger partial charge on any atom is 0.0208 e. The molecule has 0 aliphatic carbocycles. The van der Waals surface area contributed by atoms with Crippen molar-refractivity contribution in [3.05, 3.63) is 35.4 Å². The second kappa shape index (κ2) is 6.61. The van der Waals surface area contributed by atoms with E-state index in [1.165, 1.54) is 24.0 Å². The lowest BCUT2D eigenvalue weighted by Gasteiger charge is -2.08. The average Bonchev–Trinajstić information content (AvgIpc) is 2.25. The van der Waals surface area contributed by atoms with Crippen molar-refractivity contribution in [1.29, 1.82) is 0 Å². The molecule has 1 aromatic rings. The monoisotopic (exact) mass is 191 g/mol. The number of rotatable bonds is 6. The molecule has 1 aromatic carbocycles. The SMILES string of the molecule is CCCCNCc1ccccc1CC. The Balaban J connectivity index is 2.41.